The Morgan fingerprint density at radius 3 is 2.44 bits per heavy atom. The summed E-state index contributed by atoms with van der Waals surface area (Å²) >= 11 is 3.89. The molecule has 2 fully saturated rings. The van der Waals surface area contributed by atoms with E-state index in [4.69, 9.17) is 9.47 Å². The van der Waals surface area contributed by atoms with Gasteiger partial charge >= 0.3 is 0 Å². The van der Waals surface area contributed by atoms with E-state index in [-0.39, 0.29) is 6.10 Å². The van der Waals surface area contributed by atoms with Gasteiger partial charge in [0.1, 0.15) is 0 Å². The van der Waals surface area contributed by atoms with E-state index in [1.807, 2.05) is 6.92 Å². The molecule has 0 bridgehead atoms. The zero-order valence-corrected chi connectivity index (χ0v) is 13.4. The van der Waals surface area contributed by atoms with Crippen molar-refractivity contribution in [3.05, 3.63) is 0 Å². The predicted molar refractivity (Wildman–Crippen MR) is 78.3 cm³/mol. The van der Waals surface area contributed by atoms with Crippen molar-refractivity contribution >= 4 is 15.9 Å². The van der Waals surface area contributed by atoms with Gasteiger partial charge in [-0.3, -0.25) is 0 Å². The van der Waals surface area contributed by atoms with E-state index in [0.717, 1.165) is 13.2 Å². The van der Waals surface area contributed by atoms with Gasteiger partial charge in [0.15, 0.2) is 0 Å². The highest BCUT2D eigenvalue weighted by Crippen LogP contribution is 2.56. The SMILES string of the molecule is CCOCC(C)OC1CC(Br)C12CCCCCC2. The highest BCUT2D eigenvalue weighted by Gasteiger charge is 2.54. The molecule has 0 heterocycles. The lowest BCUT2D eigenvalue weighted by atomic mass is 9.61. The number of hydrogen-bond acceptors (Lipinski definition) is 2. The molecule has 0 aromatic heterocycles. The van der Waals surface area contributed by atoms with Crippen molar-refractivity contribution in [1.82, 2.24) is 0 Å². The molecule has 3 unspecified atom stereocenters. The minimum Gasteiger partial charge on any atom is -0.379 e. The van der Waals surface area contributed by atoms with Crippen LogP contribution in [0.1, 0.15) is 58.8 Å². The van der Waals surface area contributed by atoms with Gasteiger partial charge in [0.05, 0.1) is 18.8 Å². The maximum absolute atomic E-state index is 6.25. The Hall–Kier alpha value is 0.400. The first-order valence-corrected chi connectivity index (χ1v) is 8.48. The third-order valence-corrected chi connectivity index (χ3v) is 5.96. The first-order chi connectivity index (χ1) is 8.69. The Balaban J connectivity index is 1.88. The van der Waals surface area contributed by atoms with Crippen molar-refractivity contribution in [3.8, 4) is 0 Å². The van der Waals surface area contributed by atoms with Crippen LogP contribution in [0.4, 0.5) is 0 Å². The van der Waals surface area contributed by atoms with Crippen LogP contribution in [-0.2, 0) is 9.47 Å². The Kier molecular flexibility index (Phi) is 5.52. The van der Waals surface area contributed by atoms with Crippen molar-refractivity contribution in [2.24, 2.45) is 5.41 Å². The molecule has 106 valence electrons. The zero-order valence-electron chi connectivity index (χ0n) is 11.8. The Bertz CT molecular complexity index is 249. The van der Waals surface area contributed by atoms with Gasteiger partial charge in [-0.1, -0.05) is 41.6 Å². The normalized spacial score (nSPS) is 32.8. The molecular formula is C15H27BrO2. The van der Waals surface area contributed by atoms with E-state index >= 15 is 0 Å². The smallest absolute Gasteiger partial charge is 0.0784 e. The minimum absolute atomic E-state index is 0.232. The summed E-state index contributed by atoms with van der Waals surface area (Å²) in [6.45, 7) is 5.69. The van der Waals surface area contributed by atoms with Crippen LogP contribution >= 0.6 is 15.9 Å². The van der Waals surface area contributed by atoms with E-state index in [1.54, 1.807) is 0 Å². The van der Waals surface area contributed by atoms with Crippen LogP contribution in [0, 0.1) is 5.41 Å². The van der Waals surface area contributed by atoms with Gasteiger partial charge in [0, 0.05) is 16.8 Å². The van der Waals surface area contributed by atoms with Crippen LogP contribution in [-0.4, -0.2) is 30.2 Å². The Morgan fingerprint density at radius 1 is 1.22 bits per heavy atom. The van der Waals surface area contributed by atoms with E-state index in [9.17, 15) is 0 Å². The molecule has 0 N–H and O–H groups in total. The quantitative estimate of drug-likeness (QED) is 0.703. The lowest BCUT2D eigenvalue weighted by Crippen LogP contribution is -2.56. The molecule has 0 saturated heterocycles. The van der Waals surface area contributed by atoms with Crippen LogP contribution in [0.5, 0.6) is 0 Å². The van der Waals surface area contributed by atoms with Gasteiger partial charge in [-0.2, -0.15) is 0 Å². The third kappa shape index (κ3) is 3.10. The fourth-order valence-corrected chi connectivity index (χ4v) is 4.61. The van der Waals surface area contributed by atoms with Crippen LogP contribution in [0.3, 0.4) is 0 Å². The summed E-state index contributed by atoms with van der Waals surface area (Å²) < 4.78 is 11.7. The van der Waals surface area contributed by atoms with Gasteiger partial charge < -0.3 is 9.47 Å². The van der Waals surface area contributed by atoms with E-state index in [2.05, 4.69) is 22.9 Å². The molecule has 1 spiro atoms. The highest BCUT2D eigenvalue weighted by atomic mass is 79.9. The van der Waals surface area contributed by atoms with E-state index in [1.165, 1.54) is 44.9 Å². The van der Waals surface area contributed by atoms with Crippen LogP contribution in [0.25, 0.3) is 0 Å². The number of halogens is 1. The second kappa shape index (κ2) is 6.71. The second-order valence-electron chi connectivity index (χ2n) is 5.95. The number of rotatable bonds is 5. The summed E-state index contributed by atoms with van der Waals surface area (Å²) in [5.74, 6) is 0. The van der Waals surface area contributed by atoms with Gasteiger partial charge in [0.2, 0.25) is 0 Å². The molecule has 3 heteroatoms. The monoisotopic (exact) mass is 318 g/mol. The standard InChI is InChI=1S/C15H27BrO2/c1-3-17-11-12(2)18-14-10-13(16)15(14)8-6-4-5-7-9-15/h12-14H,3-11H2,1-2H3. The molecule has 2 aliphatic rings. The molecule has 18 heavy (non-hydrogen) atoms. The van der Waals surface area contributed by atoms with Crippen LogP contribution in [0.15, 0.2) is 0 Å². The molecule has 2 rings (SSSR count). The van der Waals surface area contributed by atoms with Gasteiger partial charge in [-0.15, -0.1) is 0 Å². The largest absolute Gasteiger partial charge is 0.379 e. The fourth-order valence-electron chi connectivity index (χ4n) is 3.52. The average molecular weight is 319 g/mol. The summed E-state index contributed by atoms with van der Waals surface area (Å²) in [4.78, 5) is 0.674. The highest BCUT2D eigenvalue weighted by molar-refractivity contribution is 9.09. The van der Waals surface area contributed by atoms with Crippen molar-refractivity contribution in [3.63, 3.8) is 0 Å². The molecule has 2 nitrogen and oxygen atoms in total. The molecule has 0 amide bonds. The molecule has 0 aliphatic heterocycles. The summed E-state index contributed by atoms with van der Waals surface area (Å²) in [6.07, 6.45) is 10.1. The van der Waals surface area contributed by atoms with Gasteiger partial charge in [0.25, 0.3) is 0 Å². The topological polar surface area (TPSA) is 18.5 Å². The van der Waals surface area contributed by atoms with E-state index in [0.29, 0.717) is 16.3 Å². The zero-order chi connectivity index (χ0) is 13.0. The molecule has 2 saturated carbocycles. The number of alkyl halides is 1. The molecule has 3 atom stereocenters. The summed E-state index contributed by atoms with van der Waals surface area (Å²) in [7, 11) is 0. The molecular weight excluding hydrogens is 292 g/mol. The molecule has 2 aliphatic carbocycles. The molecule has 0 aromatic carbocycles. The van der Waals surface area contributed by atoms with Gasteiger partial charge in [-0.05, 0) is 33.1 Å². The Morgan fingerprint density at radius 2 is 1.89 bits per heavy atom. The third-order valence-electron chi connectivity index (χ3n) is 4.67. The van der Waals surface area contributed by atoms with Crippen molar-refractivity contribution < 1.29 is 9.47 Å². The minimum atomic E-state index is 0.232. The van der Waals surface area contributed by atoms with E-state index < -0.39 is 0 Å². The van der Waals surface area contributed by atoms with Crippen molar-refractivity contribution in [2.45, 2.75) is 75.8 Å². The van der Waals surface area contributed by atoms with Crippen LogP contribution in [0.2, 0.25) is 0 Å². The summed E-state index contributed by atoms with van der Waals surface area (Å²) in [6, 6.07) is 0. The number of ether oxygens (including phenoxy) is 2. The van der Waals surface area contributed by atoms with Gasteiger partial charge in [-0.25, -0.2) is 0 Å². The molecule has 0 aromatic rings. The predicted octanol–water partition coefficient (Wildman–Crippen LogP) is 4.30. The maximum Gasteiger partial charge on any atom is 0.0784 e. The summed E-state index contributed by atoms with van der Waals surface area (Å²) in [5, 5.41) is 0. The molecule has 0 radical (unpaired) electrons. The summed E-state index contributed by atoms with van der Waals surface area (Å²) in [5.41, 5.74) is 0.428. The first-order valence-electron chi connectivity index (χ1n) is 7.56. The number of hydrogen-bond donors (Lipinski definition) is 0. The lowest BCUT2D eigenvalue weighted by molar-refractivity contribution is -0.151. The Labute approximate surface area is 120 Å². The fraction of sp³-hybridized carbons (Fsp3) is 1.00. The van der Waals surface area contributed by atoms with Crippen molar-refractivity contribution in [2.75, 3.05) is 13.2 Å². The first kappa shape index (κ1) is 14.8. The van der Waals surface area contributed by atoms with Crippen LogP contribution < -0.4 is 0 Å². The lowest BCUT2D eigenvalue weighted by Gasteiger charge is -2.54. The maximum atomic E-state index is 6.25. The average Bonchev–Trinajstić information content (AvgIpc) is 2.63. The second-order valence-corrected chi connectivity index (χ2v) is 7.05. The van der Waals surface area contributed by atoms with Crippen molar-refractivity contribution in [1.29, 1.82) is 0 Å².